The normalized spacial score (nSPS) is 11.9. The Morgan fingerprint density at radius 3 is 1.28 bits per heavy atom. The highest BCUT2D eigenvalue weighted by molar-refractivity contribution is 7.22. The van der Waals surface area contributed by atoms with Gasteiger partial charge in [-0.3, -0.25) is 0 Å². The predicted molar refractivity (Wildman–Crippen MR) is 303 cm³/mol. The molecule has 0 aliphatic carbocycles. The van der Waals surface area contributed by atoms with Crippen molar-refractivity contribution in [3.8, 4) is 44.3 Å². The van der Waals surface area contributed by atoms with Gasteiger partial charge in [-0.15, -0.1) is 11.3 Å². The van der Waals surface area contributed by atoms with Crippen LogP contribution in [-0.4, -0.2) is 10.2 Å². The van der Waals surface area contributed by atoms with Crippen molar-refractivity contribution >= 4 is 75.3 Å². The average Bonchev–Trinajstić information content (AvgIpc) is 3.68. The number of benzene rings is 9. The van der Waals surface area contributed by atoms with Crippen molar-refractivity contribution in [3.05, 3.63) is 203 Å². The number of rotatable bonds is 4. The quantitative estimate of drug-likeness (QED) is 0.130. The summed E-state index contributed by atoms with van der Waals surface area (Å²) in [7, 11) is 4.19. The minimum atomic E-state index is 0.00869. The number of hydrogen-bond acceptors (Lipinski definition) is 3. The van der Waals surface area contributed by atoms with Crippen LogP contribution in [0.15, 0.2) is 164 Å². The van der Waals surface area contributed by atoms with Gasteiger partial charge in [0, 0.05) is 36.8 Å². The molecule has 12 rings (SSSR count). The lowest BCUT2D eigenvalue weighted by atomic mass is 9.80. The fourth-order valence-electron chi connectivity index (χ4n) is 11.2. The van der Waals surface area contributed by atoms with E-state index in [1.807, 2.05) is 11.3 Å². The van der Waals surface area contributed by atoms with Crippen LogP contribution in [0.25, 0.3) is 108 Å². The first kappa shape index (κ1) is 45.8. The van der Waals surface area contributed by atoms with Gasteiger partial charge in [0.15, 0.2) is 14.1 Å². The Bertz CT molecular complexity index is 4090. The SMILES string of the molecule is Cc1cccc(C)c1-c1n[n+](C)c(-c2cc(C(C)(C)C)c3ccccc3c2C)c2cc3ccccc3cc12.Cc1cccc(C)c1-c1n[n+](C)c(-c2sc3ccccc3c2C)c2cc3ccccc3cc12. The summed E-state index contributed by atoms with van der Waals surface area (Å²) in [6, 6.07) is 59.6. The maximum Gasteiger partial charge on any atom is 0.256 e. The molecule has 5 heteroatoms. The van der Waals surface area contributed by atoms with Crippen molar-refractivity contribution < 1.29 is 9.36 Å². The molecule has 0 fully saturated rings. The summed E-state index contributed by atoms with van der Waals surface area (Å²) < 4.78 is 5.52. The lowest BCUT2D eigenvalue weighted by Gasteiger charge is -2.24. The summed E-state index contributed by atoms with van der Waals surface area (Å²) in [6.07, 6.45) is 0. The van der Waals surface area contributed by atoms with Gasteiger partial charge in [0.1, 0.15) is 16.3 Å². The van der Waals surface area contributed by atoms with E-state index in [4.69, 9.17) is 10.2 Å². The molecule has 0 N–H and O–H groups in total. The van der Waals surface area contributed by atoms with Gasteiger partial charge in [-0.25, -0.2) is 0 Å². The highest BCUT2D eigenvalue weighted by atomic mass is 32.1. The Morgan fingerprint density at radius 2 is 0.803 bits per heavy atom. The second-order valence-corrected chi connectivity index (χ2v) is 21.7. The lowest BCUT2D eigenvalue weighted by molar-refractivity contribution is -0.718. The highest BCUT2D eigenvalue weighted by Gasteiger charge is 2.30. The lowest BCUT2D eigenvalue weighted by Crippen LogP contribution is -2.37. The molecule has 3 aromatic heterocycles. The Balaban J connectivity index is 0.000000155. The maximum absolute atomic E-state index is 5.31. The van der Waals surface area contributed by atoms with E-state index in [1.165, 1.54) is 130 Å². The van der Waals surface area contributed by atoms with Crippen LogP contribution < -0.4 is 9.36 Å². The number of aryl methyl sites for hydroxylation is 8. The summed E-state index contributed by atoms with van der Waals surface area (Å²) in [5.74, 6) is 0. The molecule has 0 aliphatic heterocycles. The molecular formula is C66H60N4S+2. The van der Waals surface area contributed by atoms with Crippen LogP contribution in [0.1, 0.15) is 59.7 Å². The molecule has 71 heavy (non-hydrogen) atoms. The van der Waals surface area contributed by atoms with Gasteiger partial charge in [0.05, 0.1) is 16.3 Å². The number of nitrogens with zero attached hydrogens (tertiary/aromatic N) is 4. The maximum atomic E-state index is 5.31. The molecule has 0 bridgehead atoms. The van der Waals surface area contributed by atoms with Crippen molar-refractivity contribution in [2.75, 3.05) is 0 Å². The molecular weight excluding hydrogens is 881 g/mol. The molecule has 348 valence electrons. The van der Waals surface area contributed by atoms with Crippen molar-refractivity contribution in [2.24, 2.45) is 14.1 Å². The smallest absolute Gasteiger partial charge is 0.128 e. The fourth-order valence-corrected chi connectivity index (χ4v) is 12.5. The first-order valence-electron chi connectivity index (χ1n) is 24.8. The van der Waals surface area contributed by atoms with Crippen LogP contribution in [-0.2, 0) is 19.5 Å². The van der Waals surface area contributed by atoms with Gasteiger partial charge < -0.3 is 0 Å². The minimum Gasteiger partial charge on any atom is -0.128 e. The van der Waals surface area contributed by atoms with Crippen LogP contribution in [0, 0.1) is 41.5 Å². The van der Waals surface area contributed by atoms with Gasteiger partial charge >= 0.3 is 0 Å². The molecule has 0 saturated heterocycles. The van der Waals surface area contributed by atoms with E-state index in [-0.39, 0.29) is 5.41 Å². The fraction of sp³-hybridized carbons (Fsp3) is 0.182. The first-order chi connectivity index (χ1) is 34.2. The third kappa shape index (κ3) is 7.84. The third-order valence-electron chi connectivity index (χ3n) is 14.8. The van der Waals surface area contributed by atoms with Crippen LogP contribution in [0.2, 0.25) is 0 Å². The van der Waals surface area contributed by atoms with Crippen LogP contribution in [0.3, 0.4) is 0 Å². The van der Waals surface area contributed by atoms with Crippen molar-refractivity contribution in [1.82, 2.24) is 10.2 Å². The van der Waals surface area contributed by atoms with E-state index in [2.05, 4.69) is 250 Å². The topological polar surface area (TPSA) is 33.5 Å². The van der Waals surface area contributed by atoms with Crippen molar-refractivity contribution in [3.63, 3.8) is 0 Å². The van der Waals surface area contributed by atoms with E-state index in [1.54, 1.807) is 0 Å². The second-order valence-electron chi connectivity index (χ2n) is 20.6. The van der Waals surface area contributed by atoms with E-state index in [9.17, 15) is 0 Å². The van der Waals surface area contributed by atoms with E-state index in [0.29, 0.717) is 0 Å². The summed E-state index contributed by atoms with van der Waals surface area (Å²) in [5, 5.41) is 24.3. The molecule has 0 amide bonds. The Hall–Kier alpha value is -7.60. The monoisotopic (exact) mass is 940 g/mol. The molecule has 0 spiro atoms. The van der Waals surface area contributed by atoms with Gasteiger partial charge in [0.2, 0.25) is 5.69 Å². The summed E-state index contributed by atoms with van der Waals surface area (Å²) >= 11 is 1.86. The molecule has 0 unspecified atom stereocenters. The Kier molecular flexibility index (Phi) is 11.4. The summed E-state index contributed by atoms with van der Waals surface area (Å²) in [5.41, 5.74) is 17.1. The largest absolute Gasteiger partial charge is 0.256 e. The zero-order valence-electron chi connectivity index (χ0n) is 42.8. The zero-order valence-corrected chi connectivity index (χ0v) is 43.6. The van der Waals surface area contributed by atoms with Crippen molar-refractivity contribution in [1.29, 1.82) is 0 Å². The standard InChI is InChI=1S/C36H35N2.C30H25N2S/c1-22-13-12-14-23(2)33(22)34-30-19-25-15-8-9-16-26(25)20-31(30)35(38(7)37-34)29-21-32(36(4,5)6)28-18-11-10-17-27(28)24(29)3;1-18-10-9-11-19(2)27(18)28-24-16-21-12-5-6-13-22(21)17-25(24)29(32(4)31-28)30-20(3)23-14-7-8-15-26(23)33-30/h8-21H,1-7H3;5-17H,1-4H3/q2*+1. The van der Waals surface area contributed by atoms with E-state index < -0.39 is 0 Å². The number of thiophene rings is 1. The van der Waals surface area contributed by atoms with Gasteiger partial charge in [-0.1, -0.05) is 158 Å². The van der Waals surface area contributed by atoms with E-state index >= 15 is 0 Å². The molecule has 12 aromatic rings. The number of hydrogen-bond donors (Lipinski definition) is 0. The number of aromatic nitrogens is 4. The van der Waals surface area contributed by atoms with Gasteiger partial charge in [0.25, 0.3) is 5.69 Å². The molecule has 0 radical (unpaired) electrons. The molecule has 4 nitrogen and oxygen atoms in total. The molecule has 3 heterocycles. The Morgan fingerprint density at radius 1 is 0.394 bits per heavy atom. The first-order valence-corrected chi connectivity index (χ1v) is 25.6. The highest BCUT2D eigenvalue weighted by Crippen LogP contribution is 2.44. The predicted octanol–water partition coefficient (Wildman–Crippen LogP) is 16.6. The van der Waals surface area contributed by atoms with Crippen LogP contribution in [0.5, 0.6) is 0 Å². The molecule has 0 saturated carbocycles. The van der Waals surface area contributed by atoms with Crippen molar-refractivity contribution in [2.45, 2.75) is 67.7 Å². The van der Waals surface area contributed by atoms with Crippen LogP contribution in [0.4, 0.5) is 0 Å². The number of fused-ring (bicyclic) bond motifs is 6. The third-order valence-corrected chi connectivity index (χ3v) is 16.1. The Labute approximate surface area is 421 Å². The van der Waals surface area contributed by atoms with Gasteiger partial charge in [-0.2, -0.15) is 0 Å². The average molecular weight is 941 g/mol. The molecule has 0 aliphatic rings. The molecule has 0 atom stereocenters. The second kappa shape index (κ2) is 17.7. The van der Waals surface area contributed by atoms with Crippen LogP contribution >= 0.6 is 11.3 Å². The van der Waals surface area contributed by atoms with Gasteiger partial charge in [-0.05, 0) is 160 Å². The summed E-state index contributed by atoms with van der Waals surface area (Å²) in [4.78, 5) is 1.29. The minimum absolute atomic E-state index is 0.00869. The zero-order chi connectivity index (χ0) is 49.5. The molecule has 9 aromatic carbocycles. The summed E-state index contributed by atoms with van der Waals surface area (Å²) in [6.45, 7) is 20.2. The van der Waals surface area contributed by atoms with E-state index in [0.717, 1.165) is 17.1 Å².